The summed E-state index contributed by atoms with van der Waals surface area (Å²) in [6.07, 6.45) is 1.77. The summed E-state index contributed by atoms with van der Waals surface area (Å²) in [7, 11) is 1.43. The number of aromatic amines is 1. The number of nitrogens with zero attached hydrogens (tertiary/aromatic N) is 1. The van der Waals surface area contributed by atoms with E-state index in [9.17, 15) is 14.7 Å². The van der Waals surface area contributed by atoms with Crippen LogP contribution in [0.15, 0.2) is 46.0 Å². The molecule has 0 atom stereocenters. The predicted molar refractivity (Wildman–Crippen MR) is 88.7 cm³/mol. The zero-order valence-corrected chi connectivity index (χ0v) is 13.1. The van der Waals surface area contributed by atoms with Gasteiger partial charge in [0.15, 0.2) is 0 Å². The minimum atomic E-state index is -0.450. The van der Waals surface area contributed by atoms with Crippen LogP contribution in [0.1, 0.15) is 24.3 Å². The van der Waals surface area contributed by atoms with Crippen LogP contribution in [0.4, 0.5) is 5.82 Å². The van der Waals surface area contributed by atoms with Crippen LogP contribution in [-0.4, -0.2) is 27.8 Å². The summed E-state index contributed by atoms with van der Waals surface area (Å²) >= 11 is 0. The molecule has 0 bridgehead atoms. The van der Waals surface area contributed by atoms with Gasteiger partial charge in [-0.2, -0.15) is 0 Å². The molecule has 1 aromatic carbocycles. The average Bonchev–Trinajstić information content (AvgIpc) is 2.52. The maximum absolute atomic E-state index is 11.6. The lowest BCUT2D eigenvalue weighted by Crippen LogP contribution is -2.45. The zero-order chi connectivity index (χ0) is 16.4. The van der Waals surface area contributed by atoms with Gasteiger partial charge in [0.1, 0.15) is 5.82 Å². The van der Waals surface area contributed by atoms with E-state index in [-0.39, 0.29) is 17.6 Å². The molecule has 122 valence electrons. The van der Waals surface area contributed by atoms with Crippen molar-refractivity contribution in [2.24, 2.45) is 12.5 Å². The molecule has 0 amide bonds. The summed E-state index contributed by atoms with van der Waals surface area (Å²) in [4.78, 5) is 25.8. The van der Waals surface area contributed by atoms with Gasteiger partial charge >= 0.3 is 5.69 Å². The molecule has 0 spiro atoms. The Hall–Kier alpha value is -2.34. The summed E-state index contributed by atoms with van der Waals surface area (Å²) in [5.74, 6) is 0.849. The minimum absolute atomic E-state index is 0.0818. The van der Waals surface area contributed by atoms with Crippen LogP contribution in [0.2, 0.25) is 0 Å². The number of aliphatic hydroxyl groups excluding tert-OH is 1. The van der Waals surface area contributed by atoms with E-state index in [0.717, 1.165) is 17.4 Å². The van der Waals surface area contributed by atoms with Gasteiger partial charge in [-0.25, -0.2) is 4.79 Å². The van der Waals surface area contributed by atoms with E-state index in [1.54, 1.807) is 0 Å². The van der Waals surface area contributed by atoms with Crippen LogP contribution < -0.4 is 16.6 Å². The molecule has 1 saturated carbocycles. The van der Waals surface area contributed by atoms with E-state index in [1.807, 2.05) is 18.2 Å². The number of rotatable bonds is 5. The minimum Gasteiger partial charge on any atom is -0.396 e. The van der Waals surface area contributed by atoms with Gasteiger partial charge in [-0.15, -0.1) is 0 Å². The van der Waals surface area contributed by atoms with Gasteiger partial charge in [0.2, 0.25) is 0 Å². The monoisotopic (exact) mass is 315 g/mol. The van der Waals surface area contributed by atoms with Crippen molar-refractivity contribution in [3.63, 3.8) is 0 Å². The third-order valence-corrected chi connectivity index (χ3v) is 4.76. The second kappa shape index (κ2) is 6.04. The normalized spacial score (nSPS) is 23.3. The highest BCUT2D eigenvalue weighted by molar-refractivity contribution is 5.33. The van der Waals surface area contributed by atoms with Gasteiger partial charge in [-0.05, 0) is 24.3 Å². The lowest BCUT2D eigenvalue weighted by molar-refractivity contribution is 0.0376. The Morgan fingerprint density at radius 2 is 2.00 bits per heavy atom. The number of aromatic nitrogens is 2. The molecule has 0 aliphatic heterocycles. The number of nitrogens with one attached hydrogen (secondary N) is 2. The van der Waals surface area contributed by atoms with Crippen LogP contribution in [0, 0.1) is 5.41 Å². The van der Waals surface area contributed by atoms with Crippen molar-refractivity contribution < 1.29 is 5.11 Å². The zero-order valence-electron chi connectivity index (χ0n) is 13.1. The molecule has 1 aliphatic rings. The van der Waals surface area contributed by atoms with Gasteiger partial charge in [-0.3, -0.25) is 14.3 Å². The third kappa shape index (κ3) is 3.07. The fourth-order valence-corrected chi connectivity index (χ4v) is 3.21. The van der Waals surface area contributed by atoms with E-state index in [0.29, 0.717) is 18.3 Å². The first-order valence-electron chi connectivity index (χ1n) is 7.73. The van der Waals surface area contributed by atoms with E-state index in [4.69, 9.17) is 0 Å². The Morgan fingerprint density at radius 1 is 1.30 bits per heavy atom. The van der Waals surface area contributed by atoms with Gasteiger partial charge in [0.05, 0.1) is 6.61 Å². The molecule has 1 aliphatic carbocycles. The van der Waals surface area contributed by atoms with Crippen LogP contribution >= 0.6 is 0 Å². The number of aliphatic hydroxyl groups is 1. The third-order valence-electron chi connectivity index (χ3n) is 4.76. The number of benzene rings is 1. The summed E-state index contributed by atoms with van der Waals surface area (Å²) < 4.78 is 1.02. The van der Waals surface area contributed by atoms with Crippen molar-refractivity contribution in [1.82, 2.24) is 9.55 Å². The molecule has 1 fully saturated rings. The maximum Gasteiger partial charge on any atom is 0.329 e. The van der Waals surface area contributed by atoms with Crippen LogP contribution in [0.25, 0.3) is 0 Å². The molecule has 0 radical (unpaired) electrons. The first-order valence-corrected chi connectivity index (χ1v) is 7.73. The molecule has 0 saturated heterocycles. The Kier molecular flexibility index (Phi) is 4.09. The van der Waals surface area contributed by atoms with Gasteiger partial charge in [0.25, 0.3) is 5.56 Å². The lowest BCUT2D eigenvalue weighted by atomic mass is 9.60. The molecule has 6 heteroatoms. The molecule has 6 nitrogen and oxygen atoms in total. The quantitative estimate of drug-likeness (QED) is 0.769. The molecule has 3 rings (SSSR count). The second-order valence-electron chi connectivity index (χ2n) is 6.41. The van der Waals surface area contributed by atoms with E-state index < -0.39 is 5.69 Å². The maximum atomic E-state index is 11.6. The summed E-state index contributed by atoms with van der Waals surface area (Å²) in [6, 6.07) is 11.6. The molecule has 23 heavy (non-hydrogen) atoms. The van der Waals surface area contributed by atoms with Crippen LogP contribution in [0.3, 0.4) is 0 Å². The smallest absolute Gasteiger partial charge is 0.329 e. The molecule has 2 aromatic rings. The number of anilines is 1. The summed E-state index contributed by atoms with van der Waals surface area (Å²) in [5.41, 5.74) is 0.274. The largest absolute Gasteiger partial charge is 0.396 e. The van der Waals surface area contributed by atoms with Crippen molar-refractivity contribution >= 4 is 5.82 Å². The number of H-pyrrole nitrogens is 1. The molecule has 1 aromatic heterocycles. The molecule has 3 N–H and O–H groups in total. The van der Waals surface area contributed by atoms with Crippen LogP contribution in [0.5, 0.6) is 0 Å². The Bertz CT molecular complexity index is 757. The van der Waals surface area contributed by atoms with Crippen molar-refractivity contribution in [2.45, 2.75) is 18.8 Å². The standard InChI is InChI=1S/C17H21N3O3/c1-20-15(22)7-14(19-16(20)23)18-10-17(11-21)8-13(9-17)12-5-3-2-4-6-12/h2-7,13,18,21H,8-11H2,1H3,(H,19,23). The highest BCUT2D eigenvalue weighted by Gasteiger charge is 2.44. The molecular weight excluding hydrogens is 294 g/mol. The molecule has 0 unspecified atom stereocenters. The predicted octanol–water partition coefficient (Wildman–Crippen LogP) is 1.04. The molecular formula is C17H21N3O3. The lowest BCUT2D eigenvalue weighted by Gasteiger charge is -2.47. The van der Waals surface area contributed by atoms with Crippen molar-refractivity contribution in [1.29, 1.82) is 0 Å². The van der Waals surface area contributed by atoms with E-state index in [1.165, 1.54) is 18.7 Å². The van der Waals surface area contributed by atoms with Crippen molar-refractivity contribution in [3.8, 4) is 0 Å². The number of hydrogen-bond donors (Lipinski definition) is 3. The van der Waals surface area contributed by atoms with E-state index >= 15 is 0 Å². The van der Waals surface area contributed by atoms with Gasteiger partial charge in [0, 0.05) is 25.1 Å². The van der Waals surface area contributed by atoms with Crippen molar-refractivity contribution in [2.75, 3.05) is 18.5 Å². The number of hydrogen-bond acceptors (Lipinski definition) is 4. The second-order valence-corrected chi connectivity index (χ2v) is 6.41. The first-order chi connectivity index (χ1) is 11.0. The van der Waals surface area contributed by atoms with Gasteiger partial charge in [-0.1, -0.05) is 30.3 Å². The van der Waals surface area contributed by atoms with E-state index in [2.05, 4.69) is 22.4 Å². The average molecular weight is 315 g/mol. The fraction of sp³-hybridized carbons (Fsp3) is 0.412. The Balaban J connectivity index is 1.66. The first kappa shape index (κ1) is 15.6. The van der Waals surface area contributed by atoms with Crippen molar-refractivity contribution in [3.05, 3.63) is 62.8 Å². The SMILES string of the molecule is Cn1c(=O)cc(NCC2(CO)CC(c3ccccc3)C2)[nH]c1=O. The fourth-order valence-electron chi connectivity index (χ4n) is 3.21. The van der Waals surface area contributed by atoms with Gasteiger partial charge < -0.3 is 10.4 Å². The highest BCUT2D eigenvalue weighted by atomic mass is 16.3. The Morgan fingerprint density at radius 3 is 2.61 bits per heavy atom. The Labute approximate surface area is 133 Å². The molecule has 1 heterocycles. The summed E-state index contributed by atoms with van der Waals surface area (Å²) in [5, 5.41) is 12.8. The topological polar surface area (TPSA) is 87.1 Å². The highest BCUT2D eigenvalue weighted by Crippen LogP contribution is 2.50. The van der Waals surface area contributed by atoms with Crippen LogP contribution in [-0.2, 0) is 7.05 Å². The summed E-state index contributed by atoms with van der Waals surface area (Å²) in [6.45, 7) is 0.606.